The molecule has 2 heterocycles. The molecule has 2 amide bonds. The number of halogens is 1. The largest absolute Gasteiger partial charge is 0.383 e. The Kier molecular flexibility index (Phi) is 3.61. The predicted molar refractivity (Wildman–Crippen MR) is 73.3 cm³/mol. The molecule has 1 aliphatic rings. The number of carbonyl (C=O) groups is 2. The van der Waals surface area contributed by atoms with E-state index in [1.807, 2.05) is 0 Å². The van der Waals surface area contributed by atoms with Gasteiger partial charge in [-0.15, -0.1) is 0 Å². The van der Waals surface area contributed by atoms with E-state index in [-0.39, 0.29) is 23.3 Å². The highest BCUT2D eigenvalue weighted by molar-refractivity contribution is 9.10. The summed E-state index contributed by atoms with van der Waals surface area (Å²) in [6.45, 7) is 4.55. The zero-order chi connectivity index (χ0) is 14.2. The number of likely N-dealkylation sites (tertiary alicyclic amines) is 1. The molecular weight excluding hydrogens is 314 g/mol. The molecule has 0 aliphatic carbocycles. The molecule has 1 atom stereocenters. The average Bonchev–Trinajstić information content (AvgIpc) is 2.93. The molecule has 0 saturated carbocycles. The van der Waals surface area contributed by atoms with Gasteiger partial charge in [-0.25, -0.2) is 4.68 Å². The molecule has 102 valence electrons. The molecule has 1 saturated heterocycles. The molecule has 0 bridgehead atoms. The van der Waals surface area contributed by atoms with Gasteiger partial charge in [-0.3, -0.25) is 9.59 Å². The summed E-state index contributed by atoms with van der Waals surface area (Å²) in [5.41, 5.74) is 11.3. The number of hydrogen-bond acceptors (Lipinski definition) is 4. The number of rotatable bonds is 3. The van der Waals surface area contributed by atoms with Crippen molar-refractivity contribution in [2.24, 2.45) is 5.73 Å². The van der Waals surface area contributed by atoms with Crippen LogP contribution in [0.25, 0.3) is 0 Å². The van der Waals surface area contributed by atoms with E-state index in [4.69, 9.17) is 11.5 Å². The van der Waals surface area contributed by atoms with Crippen LogP contribution in [0.3, 0.4) is 0 Å². The fourth-order valence-corrected chi connectivity index (χ4v) is 2.77. The van der Waals surface area contributed by atoms with Crippen LogP contribution in [0.4, 0.5) is 5.82 Å². The van der Waals surface area contributed by atoms with Gasteiger partial charge in [0, 0.05) is 13.1 Å². The van der Waals surface area contributed by atoms with Crippen molar-refractivity contribution in [3.63, 3.8) is 0 Å². The van der Waals surface area contributed by atoms with E-state index in [0.29, 0.717) is 17.7 Å². The highest BCUT2D eigenvalue weighted by Crippen LogP contribution is 2.29. The van der Waals surface area contributed by atoms with Crippen molar-refractivity contribution in [2.45, 2.75) is 12.5 Å². The van der Waals surface area contributed by atoms with Gasteiger partial charge in [-0.2, -0.15) is 5.10 Å². The monoisotopic (exact) mass is 327 g/mol. The maximum Gasteiger partial charge on any atom is 0.255 e. The number of hydrogen-bond donors (Lipinski definition) is 2. The van der Waals surface area contributed by atoms with E-state index in [2.05, 4.69) is 27.6 Å². The molecule has 19 heavy (non-hydrogen) atoms. The number of amides is 2. The molecule has 0 spiro atoms. The van der Waals surface area contributed by atoms with E-state index in [1.54, 1.807) is 9.58 Å². The number of nitrogens with zero attached hydrogens (tertiary/aromatic N) is 3. The summed E-state index contributed by atoms with van der Waals surface area (Å²) in [4.78, 5) is 24.5. The molecule has 7 nitrogen and oxygen atoms in total. The number of nitrogen functional groups attached to an aromatic ring is 1. The highest BCUT2D eigenvalue weighted by atomic mass is 79.9. The number of primary amides is 1. The fraction of sp³-hybridized carbons (Fsp3) is 0.364. The van der Waals surface area contributed by atoms with Crippen LogP contribution in [-0.4, -0.2) is 39.6 Å². The Hall–Kier alpha value is -1.83. The number of nitrogens with two attached hydrogens (primary N) is 2. The molecule has 0 radical (unpaired) electrons. The lowest BCUT2D eigenvalue weighted by Gasteiger charge is -2.15. The molecule has 1 aliphatic heterocycles. The average molecular weight is 328 g/mol. The number of carbonyl (C=O) groups excluding carboxylic acids is 2. The van der Waals surface area contributed by atoms with Gasteiger partial charge in [0.2, 0.25) is 5.91 Å². The van der Waals surface area contributed by atoms with Crippen LogP contribution < -0.4 is 11.5 Å². The van der Waals surface area contributed by atoms with Crippen LogP contribution in [0.5, 0.6) is 0 Å². The van der Waals surface area contributed by atoms with Gasteiger partial charge in [0.05, 0.1) is 6.04 Å². The van der Waals surface area contributed by atoms with Gasteiger partial charge in [0.25, 0.3) is 5.91 Å². The minimum Gasteiger partial charge on any atom is -0.383 e. The molecule has 2 rings (SSSR count). The van der Waals surface area contributed by atoms with Crippen LogP contribution in [0, 0.1) is 0 Å². The Balaban J connectivity index is 2.25. The van der Waals surface area contributed by atoms with Gasteiger partial charge in [-0.05, 0) is 28.4 Å². The van der Waals surface area contributed by atoms with E-state index in [9.17, 15) is 9.59 Å². The Morgan fingerprint density at radius 3 is 2.74 bits per heavy atom. The van der Waals surface area contributed by atoms with E-state index < -0.39 is 5.91 Å². The summed E-state index contributed by atoms with van der Waals surface area (Å²) in [6.07, 6.45) is 2.00. The van der Waals surface area contributed by atoms with Crippen molar-refractivity contribution < 1.29 is 9.59 Å². The SMILES string of the molecule is C=CC(=O)N1CC[C@H](n2nc(Br)c(C(N)=O)c2N)C1. The van der Waals surface area contributed by atoms with E-state index >= 15 is 0 Å². The second-order valence-electron chi connectivity index (χ2n) is 4.29. The first-order valence-electron chi connectivity index (χ1n) is 5.70. The lowest BCUT2D eigenvalue weighted by Crippen LogP contribution is -2.27. The third-order valence-corrected chi connectivity index (χ3v) is 3.70. The van der Waals surface area contributed by atoms with E-state index in [0.717, 1.165) is 6.42 Å². The van der Waals surface area contributed by atoms with E-state index in [1.165, 1.54) is 6.08 Å². The quantitative estimate of drug-likeness (QED) is 0.777. The predicted octanol–water partition coefficient (Wildman–Crippen LogP) is 0.286. The standard InChI is InChI=1S/C11H14BrN5O2/c1-2-7(18)16-4-3-6(5-16)17-10(13)8(11(14)19)9(12)15-17/h2,6H,1,3-5,13H2,(H2,14,19)/t6-/m0/s1. The summed E-state index contributed by atoms with van der Waals surface area (Å²) < 4.78 is 1.87. The van der Waals surface area contributed by atoms with Crippen LogP contribution >= 0.6 is 15.9 Å². The van der Waals surface area contributed by atoms with Crippen LogP contribution in [0.2, 0.25) is 0 Å². The molecule has 1 aromatic heterocycles. The number of anilines is 1. The summed E-state index contributed by atoms with van der Waals surface area (Å²) in [5, 5.41) is 4.18. The zero-order valence-corrected chi connectivity index (χ0v) is 11.8. The van der Waals surface area contributed by atoms with Gasteiger partial charge in [0.15, 0.2) is 0 Å². The van der Waals surface area contributed by atoms with Crippen molar-refractivity contribution in [1.82, 2.24) is 14.7 Å². The summed E-state index contributed by atoms with van der Waals surface area (Å²) in [6, 6.07) is -0.0618. The molecule has 0 aromatic carbocycles. The molecule has 4 N–H and O–H groups in total. The van der Waals surface area contributed by atoms with Gasteiger partial charge < -0.3 is 16.4 Å². The van der Waals surface area contributed by atoms with Gasteiger partial charge in [-0.1, -0.05) is 6.58 Å². The molecule has 8 heteroatoms. The van der Waals surface area contributed by atoms with Crippen molar-refractivity contribution >= 4 is 33.6 Å². The maximum atomic E-state index is 11.5. The molecule has 1 aromatic rings. The molecule has 0 unspecified atom stereocenters. The minimum absolute atomic E-state index is 0.0618. The van der Waals surface area contributed by atoms with Crippen LogP contribution in [-0.2, 0) is 4.79 Å². The summed E-state index contributed by atoms with van der Waals surface area (Å²) >= 11 is 3.16. The third-order valence-electron chi connectivity index (χ3n) is 3.15. The second-order valence-corrected chi connectivity index (χ2v) is 5.04. The summed E-state index contributed by atoms with van der Waals surface area (Å²) in [5.74, 6) is -0.535. The van der Waals surface area contributed by atoms with Crippen molar-refractivity contribution in [3.05, 3.63) is 22.8 Å². The molecular formula is C11H14BrN5O2. The summed E-state index contributed by atoms with van der Waals surface area (Å²) in [7, 11) is 0. The normalized spacial score (nSPS) is 18.6. The third kappa shape index (κ3) is 2.35. The van der Waals surface area contributed by atoms with Gasteiger partial charge in [0.1, 0.15) is 16.0 Å². The van der Waals surface area contributed by atoms with Crippen molar-refractivity contribution in [1.29, 1.82) is 0 Å². The van der Waals surface area contributed by atoms with Crippen molar-refractivity contribution in [3.8, 4) is 0 Å². The lowest BCUT2D eigenvalue weighted by atomic mass is 10.2. The zero-order valence-electron chi connectivity index (χ0n) is 10.2. The molecule has 1 fully saturated rings. The fourth-order valence-electron chi connectivity index (χ4n) is 2.20. The highest BCUT2D eigenvalue weighted by Gasteiger charge is 2.30. The topological polar surface area (TPSA) is 107 Å². The maximum absolute atomic E-state index is 11.5. The number of aromatic nitrogens is 2. The Morgan fingerprint density at radius 2 is 2.21 bits per heavy atom. The first-order valence-corrected chi connectivity index (χ1v) is 6.49. The Labute approximate surface area is 118 Å². The first-order chi connectivity index (χ1) is 8.95. The van der Waals surface area contributed by atoms with Crippen LogP contribution in [0.15, 0.2) is 17.3 Å². The smallest absolute Gasteiger partial charge is 0.255 e. The minimum atomic E-state index is -0.632. The lowest BCUT2D eigenvalue weighted by molar-refractivity contribution is -0.125. The van der Waals surface area contributed by atoms with Crippen LogP contribution in [0.1, 0.15) is 22.8 Å². The Bertz CT molecular complexity index is 554. The first kappa shape index (κ1) is 13.6. The second kappa shape index (κ2) is 5.04. The Morgan fingerprint density at radius 1 is 1.53 bits per heavy atom. The van der Waals surface area contributed by atoms with Gasteiger partial charge >= 0.3 is 0 Å². The van der Waals surface area contributed by atoms with Crippen molar-refractivity contribution in [2.75, 3.05) is 18.8 Å².